The molecule has 1 aromatic carbocycles. The van der Waals surface area contributed by atoms with E-state index in [9.17, 15) is 8.42 Å². The molecule has 0 fully saturated rings. The molecule has 0 aliphatic rings. The molecule has 0 spiro atoms. The summed E-state index contributed by atoms with van der Waals surface area (Å²) in [6, 6.07) is 7.35. The Bertz CT molecular complexity index is 706. The molecule has 0 unspecified atom stereocenters. The van der Waals surface area contributed by atoms with E-state index in [1.54, 1.807) is 12.1 Å². The van der Waals surface area contributed by atoms with Gasteiger partial charge in [-0.2, -0.15) is 0 Å². The number of benzene rings is 1. The third-order valence-electron chi connectivity index (χ3n) is 2.90. The Balaban J connectivity index is 2.26. The minimum Gasteiger partial charge on any atom is -0.316 e. The number of rotatable bonds is 5. The van der Waals surface area contributed by atoms with Crippen LogP contribution in [0.4, 0.5) is 5.69 Å². The van der Waals surface area contributed by atoms with Gasteiger partial charge in [0.1, 0.15) is 4.21 Å². The van der Waals surface area contributed by atoms with Crippen LogP contribution in [0.5, 0.6) is 0 Å². The molecule has 0 saturated heterocycles. The maximum atomic E-state index is 12.3. The van der Waals surface area contributed by atoms with E-state index in [4.69, 9.17) is 0 Å². The van der Waals surface area contributed by atoms with Gasteiger partial charge in [-0.05, 0) is 49.5 Å². The number of anilines is 1. The van der Waals surface area contributed by atoms with Crippen LogP contribution in [0.3, 0.4) is 0 Å². The molecule has 1 aromatic heterocycles. The number of hydrogen-bond acceptors (Lipinski definition) is 4. The second-order valence-electron chi connectivity index (χ2n) is 4.73. The Morgan fingerprint density at radius 2 is 1.95 bits per heavy atom. The van der Waals surface area contributed by atoms with E-state index in [-0.39, 0.29) is 0 Å². The van der Waals surface area contributed by atoms with Gasteiger partial charge in [-0.15, -0.1) is 11.3 Å². The minimum atomic E-state index is -3.51. The highest BCUT2D eigenvalue weighted by atomic mass is 32.2. The quantitative estimate of drug-likeness (QED) is 0.893. The van der Waals surface area contributed by atoms with Crippen LogP contribution in [0.25, 0.3) is 0 Å². The van der Waals surface area contributed by atoms with Gasteiger partial charge in [0, 0.05) is 6.54 Å². The van der Waals surface area contributed by atoms with Crippen molar-refractivity contribution in [3.8, 4) is 0 Å². The van der Waals surface area contributed by atoms with Crippen LogP contribution in [0.2, 0.25) is 0 Å². The van der Waals surface area contributed by atoms with Crippen molar-refractivity contribution in [2.45, 2.75) is 24.6 Å². The first kappa shape index (κ1) is 15.0. The van der Waals surface area contributed by atoms with Crippen molar-refractivity contribution in [2.24, 2.45) is 0 Å². The van der Waals surface area contributed by atoms with Gasteiger partial charge in [0.05, 0.1) is 5.69 Å². The van der Waals surface area contributed by atoms with Gasteiger partial charge < -0.3 is 5.32 Å². The van der Waals surface area contributed by atoms with Gasteiger partial charge in [-0.1, -0.05) is 17.7 Å². The molecule has 0 bridgehead atoms. The molecular formula is C14H18N2O2S2. The summed E-state index contributed by atoms with van der Waals surface area (Å²) in [4.78, 5) is 0. The molecule has 1 heterocycles. The lowest BCUT2D eigenvalue weighted by molar-refractivity contribution is 0.603. The van der Waals surface area contributed by atoms with E-state index in [2.05, 4.69) is 10.0 Å². The topological polar surface area (TPSA) is 58.2 Å². The smallest absolute Gasteiger partial charge is 0.271 e. The average Bonchev–Trinajstić information content (AvgIpc) is 2.83. The maximum absolute atomic E-state index is 12.3. The first-order valence-corrected chi connectivity index (χ1v) is 8.61. The van der Waals surface area contributed by atoms with Crippen molar-refractivity contribution in [1.82, 2.24) is 5.32 Å². The van der Waals surface area contributed by atoms with Gasteiger partial charge in [-0.25, -0.2) is 8.42 Å². The highest BCUT2D eigenvalue weighted by Gasteiger charge is 2.17. The fourth-order valence-corrected chi connectivity index (χ4v) is 4.25. The van der Waals surface area contributed by atoms with E-state index < -0.39 is 10.0 Å². The van der Waals surface area contributed by atoms with Crippen LogP contribution >= 0.6 is 11.3 Å². The molecule has 6 heteroatoms. The van der Waals surface area contributed by atoms with Crippen molar-refractivity contribution in [1.29, 1.82) is 0 Å². The third-order valence-corrected chi connectivity index (χ3v) is 5.76. The molecule has 108 valence electrons. The normalized spacial score (nSPS) is 11.6. The third kappa shape index (κ3) is 3.39. The second-order valence-corrected chi connectivity index (χ2v) is 7.55. The summed E-state index contributed by atoms with van der Waals surface area (Å²) in [6.45, 7) is 4.54. The summed E-state index contributed by atoms with van der Waals surface area (Å²) in [5, 5.41) is 4.86. The largest absolute Gasteiger partial charge is 0.316 e. The predicted molar refractivity (Wildman–Crippen MR) is 83.8 cm³/mol. The van der Waals surface area contributed by atoms with Crippen LogP contribution in [0.1, 0.15) is 16.7 Å². The van der Waals surface area contributed by atoms with Crippen LogP contribution < -0.4 is 10.0 Å². The summed E-state index contributed by atoms with van der Waals surface area (Å²) < 4.78 is 27.7. The van der Waals surface area contributed by atoms with E-state index >= 15 is 0 Å². The first-order chi connectivity index (χ1) is 9.42. The van der Waals surface area contributed by atoms with Crippen LogP contribution in [-0.2, 0) is 16.6 Å². The van der Waals surface area contributed by atoms with Gasteiger partial charge in [0.25, 0.3) is 10.0 Å². The van der Waals surface area contributed by atoms with Crippen molar-refractivity contribution in [2.75, 3.05) is 11.8 Å². The van der Waals surface area contributed by atoms with Crippen LogP contribution in [0.15, 0.2) is 33.9 Å². The van der Waals surface area contributed by atoms with E-state index in [1.165, 1.54) is 11.3 Å². The first-order valence-electron chi connectivity index (χ1n) is 6.24. The molecule has 0 amide bonds. The summed E-state index contributed by atoms with van der Waals surface area (Å²) in [7, 11) is -1.67. The number of hydrogen-bond donors (Lipinski definition) is 2. The van der Waals surface area contributed by atoms with Gasteiger partial charge in [0.2, 0.25) is 0 Å². The number of thiophene rings is 1. The Labute approximate surface area is 123 Å². The van der Waals surface area contributed by atoms with Crippen molar-refractivity contribution >= 4 is 27.0 Å². The van der Waals surface area contributed by atoms with Gasteiger partial charge >= 0.3 is 0 Å². The van der Waals surface area contributed by atoms with E-state index in [1.807, 2.05) is 38.4 Å². The predicted octanol–water partition coefficient (Wildman–Crippen LogP) is 2.89. The highest BCUT2D eigenvalue weighted by molar-refractivity contribution is 7.94. The number of sulfonamides is 1. The zero-order chi connectivity index (χ0) is 14.8. The number of aryl methyl sites for hydroxylation is 2. The standard InChI is InChI=1S/C14H18N2O2S2/c1-10-4-5-13(11(2)6-10)16-20(17,18)14-7-12(8-15-3)9-19-14/h4-7,9,15-16H,8H2,1-3H3. The molecule has 0 atom stereocenters. The van der Waals surface area contributed by atoms with E-state index in [0.29, 0.717) is 16.4 Å². The van der Waals surface area contributed by atoms with E-state index in [0.717, 1.165) is 16.7 Å². The average molecular weight is 310 g/mol. The Kier molecular flexibility index (Phi) is 4.47. The molecule has 2 aromatic rings. The summed E-state index contributed by atoms with van der Waals surface area (Å²) in [5.74, 6) is 0. The molecule has 20 heavy (non-hydrogen) atoms. The fourth-order valence-electron chi connectivity index (χ4n) is 1.91. The summed E-state index contributed by atoms with van der Waals surface area (Å²) in [6.07, 6.45) is 0. The second kappa shape index (κ2) is 5.95. The Hall–Kier alpha value is -1.37. The molecule has 0 aliphatic carbocycles. The minimum absolute atomic E-state index is 0.336. The molecule has 2 rings (SSSR count). The molecule has 4 nitrogen and oxygen atoms in total. The van der Waals surface area contributed by atoms with Crippen molar-refractivity contribution in [3.63, 3.8) is 0 Å². The molecule has 0 saturated carbocycles. The molecule has 0 aliphatic heterocycles. The monoisotopic (exact) mass is 310 g/mol. The highest BCUT2D eigenvalue weighted by Crippen LogP contribution is 2.25. The lowest BCUT2D eigenvalue weighted by Gasteiger charge is -2.09. The number of nitrogens with one attached hydrogen (secondary N) is 2. The zero-order valence-corrected chi connectivity index (χ0v) is 13.4. The van der Waals surface area contributed by atoms with Crippen LogP contribution in [-0.4, -0.2) is 15.5 Å². The maximum Gasteiger partial charge on any atom is 0.271 e. The zero-order valence-electron chi connectivity index (χ0n) is 11.7. The lowest BCUT2D eigenvalue weighted by Crippen LogP contribution is -2.12. The lowest BCUT2D eigenvalue weighted by atomic mass is 10.1. The molecule has 2 N–H and O–H groups in total. The van der Waals surface area contributed by atoms with Crippen molar-refractivity contribution in [3.05, 3.63) is 46.3 Å². The van der Waals surface area contributed by atoms with Gasteiger partial charge in [-0.3, -0.25) is 4.72 Å². The molecular weight excluding hydrogens is 292 g/mol. The summed E-state index contributed by atoms with van der Waals surface area (Å²) >= 11 is 1.23. The van der Waals surface area contributed by atoms with Gasteiger partial charge in [0.15, 0.2) is 0 Å². The van der Waals surface area contributed by atoms with Crippen molar-refractivity contribution < 1.29 is 8.42 Å². The SMILES string of the molecule is CNCc1csc(S(=O)(=O)Nc2ccc(C)cc2C)c1. The Morgan fingerprint density at radius 1 is 1.20 bits per heavy atom. The summed E-state index contributed by atoms with van der Waals surface area (Å²) in [5.41, 5.74) is 3.62. The fraction of sp³-hybridized carbons (Fsp3) is 0.286. The van der Waals surface area contributed by atoms with Crippen LogP contribution in [0, 0.1) is 13.8 Å². The molecule has 0 radical (unpaired) electrons. The Morgan fingerprint density at radius 3 is 2.60 bits per heavy atom.